The Morgan fingerprint density at radius 3 is 2.10 bits per heavy atom. The molecule has 0 spiro atoms. The lowest BCUT2D eigenvalue weighted by molar-refractivity contribution is -0.138. The van der Waals surface area contributed by atoms with E-state index in [9.17, 15) is 4.79 Å². The first kappa shape index (κ1) is 15.9. The predicted molar refractivity (Wildman–Crippen MR) is 84.5 cm³/mol. The molecule has 0 aromatic carbocycles. The Morgan fingerprint density at radius 1 is 1.00 bits per heavy atom. The van der Waals surface area contributed by atoms with Gasteiger partial charge in [-0.3, -0.25) is 4.79 Å². The molecule has 0 bridgehead atoms. The first-order valence-electron chi connectivity index (χ1n) is 8.42. The van der Waals surface area contributed by atoms with E-state index in [1.54, 1.807) is 0 Å². The quantitative estimate of drug-likeness (QED) is 0.701. The third-order valence-electron chi connectivity index (χ3n) is 4.76. The van der Waals surface area contributed by atoms with Gasteiger partial charge in [-0.25, -0.2) is 0 Å². The van der Waals surface area contributed by atoms with Crippen LogP contribution in [0.25, 0.3) is 0 Å². The molecule has 0 aromatic rings. The van der Waals surface area contributed by atoms with Gasteiger partial charge in [0.2, 0.25) is 5.91 Å². The Hall–Kier alpha value is -0.530. The second-order valence-electron chi connectivity index (χ2n) is 9.24. The number of likely N-dealkylation sites (tertiary alicyclic amines) is 1. The first-order chi connectivity index (χ1) is 9.15. The number of amides is 1. The Balaban J connectivity index is 1.64. The monoisotopic (exact) mass is 279 g/mol. The van der Waals surface area contributed by atoms with Gasteiger partial charge in [0.05, 0.1) is 0 Å². The summed E-state index contributed by atoms with van der Waals surface area (Å²) in [6.07, 6.45) is 7.19. The summed E-state index contributed by atoms with van der Waals surface area (Å²) in [5.41, 5.74) is 0.749. The highest BCUT2D eigenvalue weighted by molar-refractivity contribution is 5.77. The fraction of sp³-hybridized carbons (Fsp3) is 0.944. The first-order valence-corrected chi connectivity index (χ1v) is 8.42. The van der Waals surface area contributed by atoms with E-state index < -0.39 is 0 Å². The number of carbonyl (C=O) groups is 1. The van der Waals surface area contributed by atoms with Gasteiger partial charge in [0.15, 0.2) is 0 Å². The van der Waals surface area contributed by atoms with Crippen LogP contribution >= 0.6 is 0 Å². The molecule has 116 valence electrons. The zero-order valence-corrected chi connectivity index (χ0v) is 14.2. The maximum absolute atomic E-state index is 12.2. The van der Waals surface area contributed by atoms with Gasteiger partial charge in [0.1, 0.15) is 0 Å². The van der Waals surface area contributed by atoms with E-state index in [1.165, 1.54) is 25.7 Å². The van der Waals surface area contributed by atoms with Crippen LogP contribution in [0.15, 0.2) is 0 Å². The second kappa shape index (κ2) is 5.69. The standard InChI is InChI=1S/C18H33NO/c1-17(2,3)10-15-12-19(13-15)16(20)8-9-18(4,5)11-14-6-7-14/h14-15H,6-13H2,1-5H3. The molecule has 1 amide bonds. The van der Waals surface area contributed by atoms with Crippen LogP contribution in [0, 0.1) is 22.7 Å². The summed E-state index contributed by atoms with van der Waals surface area (Å²) >= 11 is 0. The number of carbonyl (C=O) groups excluding carboxylic acids is 1. The number of hydrogen-bond donors (Lipinski definition) is 0. The molecule has 20 heavy (non-hydrogen) atoms. The average molecular weight is 279 g/mol. The predicted octanol–water partition coefficient (Wildman–Crippen LogP) is 4.49. The highest BCUT2D eigenvalue weighted by Gasteiger charge is 2.34. The van der Waals surface area contributed by atoms with Crippen LogP contribution in [0.1, 0.15) is 73.1 Å². The third-order valence-corrected chi connectivity index (χ3v) is 4.76. The van der Waals surface area contributed by atoms with E-state index in [0.717, 1.165) is 37.8 Å². The minimum absolute atomic E-state index is 0.354. The number of nitrogens with zero attached hydrogens (tertiary/aromatic N) is 1. The molecule has 1 aliphatic carbocycles. The van der Waals surface area contributed by atoms with Gasteiger partial charge in [-0.15, -0.1) is 0 Å². The fourth-order valence-corrected chi connectivity index (χ4v) is 3.58. The summed E-state index contributed by atoms with van der Waals surface area (Å²) in [5.74, 6) is 2.08. The molecule has 1 heterocycles. The second-order valence-corrected chi connectivity index (χ2v) is 9.24. The molecule has 1 saturated carbocycles. The number of rotatable bonds is 6. The van der Waals surface area contributed by atoms with Crippen LogP contribution in [0.2, 0.25) is 0 Å². The van der Waals surface area contributed by atoms with Gasteiger partial charge in [0, 0.05) is 19.5 Å². The van der Waals surface area contributed by atoms with Gasteiger partial charge < -0.3 is 4.90 Å². The van der Waals surface area contributed by atoms with Crippen molar-refractivity contribution in [3.8, 4) is 0 Å². The van der Waals surface area contributed by atoms with Crippen molar-refractivity contribution in [3.05, 3.63) is 0 Å². The van der Waals surface area contributed by atoms with E-state index in [-0.39, 0.29) is 0 Å². The van der Waals surface area contributed by atoms with E-state index in [0.29, 0.717) is 16.7 Å². The van der Waals surface area contributed by atoms with Crippen LogP contribution in [0.3, 0.4) is 0 Å². The van der Waals surface area contributed by atoms with Crippen molar-refractivity contribution in [1.29, 1.82) is 0 Å². The summed E-state index contributed by atoms with van der Waals surface area (Å²) in [5, 5.41) is 0. The Kier molecular flexibility index (Phi) is 4.51. The van der Waals surface area contributed by atoms with Crippen molar-refractivity contribution >= 4 is 5.91 Å². The minimum Gasteiger partial charge on any atom is -0.342 e. The lowest BCUT2D eigenvalue weighted by Gasteiger charge is -2.42. The molecule has 0 N–H and O–H groups in total. The molecular formula is C18H33NO. The minimum atomic E-state index is 0.354. The summed E-state index contributed by atoms with van der Waals surface area (Å²) < 4.78 is 0. The average Bonchev–Trinajstić information content (AvgIpc) is 3.01. The lowest BCUT2D eigenvalue weighted by Crippen LogP contribution is -2.51. The third kappa shape index (κ3) is 5.10. The van der Waals surface area contributed by atoms with Gasteiger partial charge >= 0.3 is 0 Å². The van der Waals surface area contributed by atoms with Crippen molar-refractivity contribution in [2.75, 3.05) is 13.1 Å². The highest BCUT2D eigenvalue weighted by Crippen LogP contribution is 2.42. The van der Waals surface area contributed by atoms with E-state index >= 15 is 0 Å². The SMILES string of the molecule is CC(C)(C)CC1CN(C(=O)CCC(C)(C)CC2CC2)C1. The van der Waals surface area contributed by atoms with Crippen LogP contribution in [0.4, 0.5) is 0 Å². The Bertz CT molecular complexity index is 343. The van der Waals surface area contributed by atoms with Crippen molar-refractivity contribution in [1.82, 2.24) is 4.90 Å². The topological polar surface area (TPSA) is 20.3 Å². The molecule has 2 fully saturated rings. The molecular weight excluding hydrogens is 246 g/mol. The molecule has 0 aromatic heterocycles. The van der Waals surface area contributed by atoms with Crippen molar-refractivity contribution < 1.29 is 4.79 Å². The molecule has 0 unspecified atom stereocenters. The molecule has 0 radical (unpaired) electrons. The lowest BCUT2D eigenvalue weighted by atomic mass is 9.80. The van der Waals surface area contributed by atoms with Crippen LogP contribution in [-0.2, 0) is 4.79 Å². The van der Waals surface area contributed by atoms with Crippen molar-refractivity contribution in [2.45, 2.75) is 73.1 Å². The van der Waals surface area contributed by atoms with Gasteiger partial charge in [-0.1, -0.05) is 47.5 Å². The fourth-order valence-electron chi connectivity index (χ4n) is 3.58. The zero-order valence-electron chi connectivity index (χ0n) is 14.2. The summed E-state index contributed by atoms with van der Waals surface area (Å²) in [6, 6.07) is 0. The Morgan fingerprint density at radius 2 is 1.60 bits per heavy atom. The molecule has 2 aliphatic rings. The molecule has 1 saturated heterocycles. The van der Waals surface area contributed by atoms with E-state index in [4.69, 9.17) is 0 Å². The van der Waals surface area contributed by atoms with Crippen molar-refractivity contribution in [2.24, 2.45) is 22.7 Å². The highest BCUT2D eigenvalue weighted by atomic mass is 16.2. The van der Waals surface area contributed by atoms with E-state index in [1.807, 2.05) is 0 Å². The summed E-state index contributed by atoms with van der Waals surface area (Å²) in [4.78, 5) is 14.3. The van der Waals surface area contributed by atoms with E-state index in [2.05, 4.69) is 39.5 Å². The van der Waals surface area contributed by atoms with Crippen molar-refractivity contribution in [3.63, 3.8) is 0 Å². The molecule has 2 nitrogen and oxygen atoms in total. The molecule has 0 atom stereocenters. The normalized spacial score (nSPS) is 20.9. The van der Waals surface area contributed by atoms with Crippen LogP contribution < -0.4 is 0 Å². The van der Waals surface area contributed by atoms with Crippen LogP contribution in [0.5, 0.6) is 0 Å². The molecule has 2 rings (SSSR count). The van der Waals surface area contributed by atoms with Gasteiger partial charge in [-0.2, -0.15) is 0 Å². The maximum atomic E-state index is 12.2. The molecule has 2 heteroatoms. The Labute approximate surface area is 125 Å². The maximum Gasteiger partial charge on any atom is 0.222 e. The summed E-state index contributed by atoms with van der Waals surface area (Å²) in [6.45, 7) is 13.5. The largest absolute Gasteiger partial charge is 0.342 e. The zero-order chi connectivity index (χ0) is 15.0. The van der Waals surface area contributed by atoms with Gasteiger partial charge in [0.25, 0.3) is 0 Å². The smallest absolute Gasteiger partial charge is 0.222 e. The molecule has 1 aliphatic heterocycles. The van der Waals surface area contributed by atoms with Crippen LogP contribution in [-0.4, -0.2) is 23.9 Å². The van der Waals surface area contributed by atoms with Gasteiger partial charge in [-0.05, 0) is 41.9 Å². The number of hydrogen-bond acceptors (Lipinski definition) is 1. The summed E-state index contributed by atoms with van der Waals surface area (Å²) in [7, 11) is 0.